The minimum atomic E-state index is 0.435. The Morgan fingerprint density at radius 3 is 2.26 bits per heavy atom. The van der Waals surface area contributed by atoms with E-state index in [1.807, 2.05) is 53.2 Å². The summed E-state index contributed by atoms with van der Waals surface area (Å²) in [4.78, 5) is 7.45. The van der Waals surface area contributed by atoms with Crippen molar-refractivity contribution >= 4 is 50.8 Å². The fourth-order valence-corrected chi connectivity index (χ4v) is 4.94. The number of aromatic nitrogens is 3. The number of nitrogens with zero attached hydrogens (tertiary/aromatic N) is 4. The van der Waals surface area contributed by atoms with Crippen LogP contribution in [0.2, 0.25) is 0 Å². The van der Waals surface area contributed by atoms with Crippen molar-refractivity contribution < 1.29 is 4.42 Å². The van der Waals surface area contributed by atoms with Crippen LogP contribution in [0.5, 0.6) is 0 Å². The molecule has 5 nitrogen and oxygen atoms in total. The van der Waals surface area contributed by atoms with E-state index in [0.717, 1.165) is 68.6 Å². The monoisotopic (exact) mass is 476 g/mol. The maximum absolute atomic E-state index is 6.16. The van der Waals surface area contributed by atoms with Gasteiger partial charge in [0.15, 0.2) is 10.4 Å². The molecule has 0 saturated carbocycles. The van der Waals surface area contributed by atoms with E-state index < -0.39 is 0 Å². The van der Waals surface area contributed by atoms with Crippen molar-refractivity contribution in [2.75, 3.05) is 18.0 Å². The molecule has 6 heteroatoms. The maximum atomic E-state index is 6.16. The second-order valence-electron chi connectivity index (χ2n) is 8.46. The Kier molecular flexibility index (Phi) is 5.30. The predicted molar refractivity (Wildman–Crippen MR) is 146 cm³/mol. The highest BCUT2D eigenvalue weighted by molar-refractivity contribution is 7.71. The summed E-state index contributed by atoms with van der Waals surface area (Å²) in [6.07, 6.45) is 0. The number of anilines is 1. The number of pyridine rings is 1. The van der Waals surface area contributed by atoms with Crippen LogP contribution in [0.3, 0.4) is 0 Å². The Hall–Kier alpha value is -4.03. The highest BCUT2D eigenvalue weighted by atomic mass is 32.1. The van der Waals surface area contributed by atoms with Crippen LogP contribution >= 0.6 is 12.2 Å². The van der Waals surface area contributed by atoms with Gasteiger partial charge in [-0.1, -0.05) is 48.5 Å². The van der Waals surface area contributed by atoms with E-state index in [1.165, 1.54) is 0 Å². The summed E-state index contributed by atoms with van der Waals surface area (Å²) in [6, 6.07) is 28.6. The zero-order chi connectivity index (χ0) is 23.9. The average Bonchev–Trinajstić information content (AvgIpc) is 3.28. The first-order valence-corrected chi connectivity index (χ1v) is 12.2. The third kappa shape index (κ3) is 3.58. The van der Waals surface area contributed by atoms with Gasteiger partial charge in [-0.05, 0) is 56.4 Å². The summed E-state index contributed by atoms with van der Waals surface area (Å²) in [5.41, 5.74) is 6.32. The van der Waals surface area contributed by atoms with Crippen molar-refractivity contribution in [3.05, 3.63) is 89.6 Å². The normalized spacial score (nSPS) is 11.5. The molecule has 0 bridgehead atoms. The molecular formula is C29H24N4OS. The summed E-state index contributed by atoms with van der Waals surface area (Å²) in [5.74, 6) is 0. The number of para-hydroxylation sites is 1. The molecule has 6 aromatic rings. The fraction of sp³-hybridized carbons (Fsp3) is 0.138. The molecule has 0 unspecified atom stereocenters. The third-order valence-corrected chi connectivity index (χ3v) is 6.78. The molecule has 0 aliphatic rings. The standard InChI is InChI=1S/C29H24N4OS/c1-3-32(4-2)21-15-16-22-25(17-21)34-29(35)24-18-23-26(19-11-7-5-8-12-19)31-33(28(23)30-27(22)24)20-13-9-6-10-14-20/h5-18H,3-4H2,1-2H3. The highest BCUT2D eigenvalue weighted by Crippen LogP contribution is 2.35. The first kappa shape index (κ1) is 21.5. The Balaban J connectivity index is 1.69. The number of rotatable bonds is 5. The molecule has 172 valence electrons. The Bertz CT molecular complexity index is 1740. The molecular weight excluding hydrogens is 452 g/mol. The first-order valence-electron chi connectivity index (χ1n) is 11.8. The second kappa shape index (κ2) is 8.64. The lowest BCUT2D eigenvalue weighted by atomic mass is 10.1. The van der Waals surface area contributed by atoms with E-state index in [0.29, 0.717) is 4.71 Å². The van der Waals surface area contributed by atoms with Gasteiger partial charge in [0.25, 0.3) is 0 Å². The van der Waals surface area contributed by atoms with E-state index in [4.69, 9.17) is 26.7 Å². The van der Waals surface area contributed by atoms with Crippen LogP contribution in [0.15, 0.2) is 89.3 Å². The van der Waals surface area contributed by atoms with Gasteiger partial charge >= 0.3 is 0 Å². The van der Waals surface area contributed by atoms with Gasteiger partial charge < -0.3 is 9.32 Å². The smallest absolute Gasteiger partial charge is 0.200 e. The van der Waals surface area contributed by atoms with Crippen LogP contribution in [0.1, 0.15) is 13.8 Å². The van der Waals surface area contributed by atoms with Crippen molar-refractivity contribution in [1.29, 1.82) is 0 Å². The van der Waals surface area contributed by atoms with E-state index >= 15 is 0 Å². The maximum Gasteiger partial charge on any atom is 0.200 e. The molecule has 0 N–H and O–H groups in total. The van der Waals surface area contributed by atoms with Gasteiger partial charge in [-0.3, -0.25) is 0 Å². The Labute approximate surface area is 208 Å². The lowest BCUT2D eigenvalue weighted by Gasteiger charge is -2.21. The number of fused-ring (bicyclic) bond motifs is 4. The molecule has 6 rings (SSSR count). The van der Waals surface area contributed by atoms with E-state index in [-0.39, 0.29) is 0 Å². The largest absolute Gasteiger partial charge is 0.444 e. The third-order valence-electron chi connectivity index (χ3n) is 6.48. The lowest BCUT2D eigenvalue weighted by Crippen LogP contribution is -2.21. The van der Waals surface area contributed by atoms with Crippen LogP contribution in [0.25, 0.3) is 49.9 Å². The average molecular weight is 477 g/mol. The lowest BCUT2D eigenvalue weighted by molar-refractivity contribution is 0.594. The fourth-order valence-electron chi connectivity index (χ4n) is 4.69. The molecule has 0 atom stereocenters. The second-order valence-corrected chi connectivity index (χ2v) is 8.83. The zero-order valence-electron chi connectivity index (χ0n) is 19.6. The molecule has 35 heavy (non-hydrogen) atoms. The van der Waals surface area contributed by atoms with E-state index in [9.17, 15) is 0 Å². The number of hydrogen-bond acceptors (Lipinski definition) is 5. The SMILES string of the molecule is CCN(CC)c1ccc2c(c1)oc(=S)c1cc3c(-c4ccccc4)nn(-c4ccccc4)c3nc12. The molecule has 0 spiro atoms. The van der Waals surface area contributed by atoms with Crippen LogP contribution in [-0.2, 0) is 0 Å². The molecule has 0 amide bonds. The molecule has 0 fully saturated rings. The minimum Gasteiger partial charge on any atom is -0.444 e. The number of benzene rings is 3. The molecule has 0 aliphatic carbocycles. The highest BCUT2D eigenvalue weighted by Gasteiger charge is 2.18. The summed E-state index contributed by atoms with van der Waals surface area (Å²) in [5, 5.41) is 7.70. The molecule has 3 aromatic heterocycles. The molecule has 0 aliphatic heterocycles. The summed E-state index contributed by atoms with van der Waals surface area (Å²) in [6.45, 7) is 6.15. The molecule has 3 heterocycles. The van der Waals surface area contributed by atoms with Gasteiger partial charge in [0, 0.05) is 41.2 Å². The van der Waals surface area contributed by atoms with Crippen molar-refractivity contribution in [3.8, 4) is 16.9 Å². The van der Waals surface area contributed by atoms with Crippen molar-refractivity contribution in [2.24, 2.45) is 0 Å². The zero-order valence-corrected chi connectivity index (χ0v) is 20.4. The summed E-state index contributed by atoms with van der Waals surface area (Å²) >= 11 is 5.72. The van der Waals surface area contributed by atoms with E-state index in [1.54, 1.807) is 0 Å². The predicted octanol–water partition coefficient (Wildman–Crippen LogP) is 7.56. The molecule has 0 saturated heterocycles. The van der Waals surface area contributed by atoms with Gasteiger partial charge in [-0.2, -0.15) is 5.10 Å². The van der Waals surface area contributed by atoms with Gasteiger partial charge in [-0.15, -0.1) is 0 Å². The molecule has 3 aromatic carbocycles. The molecule has 0 radical (unpaired) electrons. The van der Waals surface area contributed by atoms with Crippen molar-refractivity contribution in [2.45, 2.75) is 13.8 Å². The van der Waals surface area contributed by atoms with Gasteiger partial charge in [-0.25, -0.2) is 9.67 Å². The van der Waals surface area contributed by atoms with Gasteiger partial charge in [0.1, 0.15) is 11.3 Å². The Morgan fingerprint density at radius 2 is 1.54 bits per heavy atom. The van der Waals surface area contributed by atoms with Crippen LogP contribution < -0.4 is 4.90 Å². The topological polar surface area (TPSA) is 47.1 Å². The van der Waals surface area contributed by atoms with Gasteiger partial charge in [0.2, 0.25) is 0 Å². The van der Waals surface area contributed by atoms with Crippen LogP contribution in [-0.4, -0.2) is 27.9 Å². The van der Waals surface area contributed by atoms with Crippen LogP contribution in [0, 0.1) is 4.71 Å². The van der Waals surface area contributed by atoms with Gasteiger partial charge in [0.05, 0.1) is 16.6 Å². The summed E-state index contributed by atoms with van der Waals surface area (Å²) < 4.78 is 8.51. The van der Waals surface area contributed by atoms with Crippen LogP contribution in [0.4, 0.5) is 5.69 Å². The van der Waals surface area contributed by atoms with Crippen molar-refractivity contribution in [3.63, 3.8) is 0 Å². The Morgan fingerprint density at radius 1 is 0.829 bits per heavy atom. The number of hydrogen-bond donors (Lipinski definition) is 0. The first-order chi connectivity index (χ1) is 17.2. The minimum absolute atomic E-state index is 0.435. The quantitative estimate of drug-likeness (QED) is 0.190. The van der Waals surface area contributed by atoms with E-state index in [2.05, 4.69) is 55.1 Å². The van der Waals surface area contributed by atoms with Crippen molar-refractivity contribution in [1.82, 2.24) is 14.8 Å². The summed E-state index contributed by atoms with van der Waals surface area (Å²) in [7, 11) is 0.